The second kappa shape index (κ2) is 10.4. The topological polar surface area (TPSA) is 97.2 Å². The monoisotopic (exact) mass is 137 g/mol. The standard InChI is InChI=1S/C2H8NO2.C2H4O2/c3-5-2-1-4;1-2(3)4/h4H,1-2H2,3H3;1H3,(H,3,4)/q+1;/p-1. The number of aliphatic hydroxyl groups excluding tert-OH is 1. The van der Waals surface area contributed by atoms with E-state index in [1.165, 1.54) is 0 Å². The van der Waals surface area contributed by atoms with E-state index < -0.39 is 5.97 Å². The minimum atomic E-state index is -1.08. The average Bonchev–Trinajstić information content (AvgIpc) is 1.66. The van der Waals surface area contributed by atoms with Crippen LogP contribution < -0.4 is 11.0 Å². The SMILES string of the molecule is CC(=O)[O-].[NH3+]OCCO. The fourth-order valence-electron chi connectivity index (χ4n) is 0.0645. The van der Waals surface area contributed by atoms with Gasteiger partial charge in [-0.3, -0.25) is 0 Å². The summed E-state index contributed by atoms with van der Waals surface area (Å²) in [6.45, 7) is 1.36. The maximum Gasteiger partial charge on any atom is 0.129 e. The molecule has 9 heavy (non-hydrogen) atoms. The molecule has 0 aliphatic rings. The van der Waals surface area contributed by atoms with E-state index in [2.05, 4.69) is 10.7 Å². The molecule has 0 radical (unpaired) electrons. The van der Waals surface area contributed by atoms with Crippen molar-refractivity contribution in [3.05, 3.63) is 0 Å². The Morgan fingerprint density at radius 1 is 1.89 bits per heavy atom. The summed E-state index contributed by atoms with van der Waals surface area (Å²) in [5, 5.41) is 16.8. The van der Waals surface area contributed by atoms with E-state index in [1.807, 2.05) is 0 Å². The number of hydrogen-bond donors (Lipinski definition) is 2. The van der Waals surface area contributed by atoms with Crippen LogP contribution in [-0.4, -0.2) is 24.3 Å². The Morgan fingerprint density at radius 2 is 2.22 bits per heavy atom. The first kappa shape index (κ1) is 11.2. The Kier molecular flexibility index (Phi) is 12.9. The highest BCUT2D eigenvalue weighted by atomic mass is 16.6. The maximum absolute atomic E-state index is 8.89. The van der Waals surface area contributed by atoms with Crippen molar-refractivity contribution in [1.82, 2.24) is 0 Å². The van der Waals surface area contributed by atoms with Crippen molar-refractivity contribution in [3.63, 3.8) is 0 Å². The van der Waals surface area contributed by atoms with Gasteiger partial charge in [0.2, 0.25) is 0 Å². The third-order valence-electron chi connectivity index (χ3n) is 0.236. The molecule has 0 aliphatic heterocycles. The predicted octanol–water partition coefficient (Wildman–Crippen LogP) is -3.09. The Bertz CT molecular complexity index is 59.6. The molecule has 0 saturated heterocycles. The number of rotatable bonds is 2. The molecular formula is C4H11NO4. The first-order valence-corrected chi connectivity index (χ1v) is 2.30. The van der Waals surface area contributed by atoms with E-state index in [-0.39, 0.29) is 6.61 Å². The summed E-state index contributed by atoms with van der Waals surface area (Å²) < 4.78 is 0. The lowest BCUT2D eigenvalue weighted by molar-refractivity contribution is -0.689. The molecule has 0 heterocycles. The summed E-state index contributed by atoms with van der Waals surface area (Å²) in [6, 6.07) is 0. The molecule has 0 aromatic carbocycles. The van der Waals surface area contributed by atoms with Gasteiger partial charge in [0.05, 0.1) is 6.61 Å². The summed E-state index contributed by atoms with van der Waals surface area (Å²) in [7, 11) is 0. The van der Waals surface area contributed by atoms with Gasteiger partial charge in [0.25, 0.3) is 0 Å². The first-order chi connectivity index (χ1) is 4.15. The van der Waals surface area contributed by atoms with Crippen molar-refractivity contribution in [2.45, 2.75) is 6.92 Å². The van der Waals surface area contributed by atoms with Crippen LogP contribution in [-0.2, 0) is 9.63 Å². The number of hydrogen-bond acceptors (Lipinski definition) is 4. The van der Waals surface area contributed by atoms with Crippen molar-refractivity contribution >= 4 is 5.97 Å². The largest absolute Gasteiger partial charge is 0.550 e. The zero-order chi connectivity index (χ0) is 7.70. The predicted molar refractivity (Wildman–Crippen MR) is 26.6 cm³/mol. The van der Waals surface area contributed by atoms with Gasteiger partial charge in [0.1, 0.15) is 6.61 Å². The normalized spacial score (nSPS) is 7.44. The Labute approximate surface area is 53.0 Å². The summed E-state index contributed by atoms with van der Waals surface area (Å²) >= 11 is 0. The lowest BCUT2D eigenvalue weighted by Gasteiger charge is -1.79. The molecule has 0 amide bonds. The molecule has 0 rings (SSSR count). The number of carbonyl (C=O) groups is 1. The summed E-state index contributed by atoms with van der Waals surface area (Å²) in [5.74, 6) is 1.93. The summed E-state index contributed by atoms with van der Waals surface area (Å²) in [6.07, 6.45) is 0. The third kappa shape index (κ3) is 115. The van der Waals surface area contributed by atoms with Crippen LogP contribution in [0.5, 0.6) is 0 Å². The van der Waals surface area contributed by atoms with Gasteiger partial charge in [0.15, 0.2) is 0 Å². The highest BCUT2D eigenvalue weighted by Crippen LogP contribution is 1.48. The summed E-state index contributed by atoms with van der Waals surface area (Å²) in [4.78, 5) is 13.1. The quantitative estimate of drug-likeness (QED) is 0.394. The molecule has 0 aromatic rings. The van der Waals surface area contributed by atoms with Gasteiger partial charge < -0.3 is 15.0 Å². The average molecular weight is 137 g/mol. The van der Waals surface area contributed by atoms with Crippen molar-refractivity contribution in [2.24, 2.45) is 0 Å². The molecule has 0 saturated carbocycles. The molecule has 0 unspecified atom stereocenters. The van der Waals surface area contributed by atoms with Gasteiger partial charge in [0, 0.05) is 5.97 Å². The zero-order valence-electron chi connectivity index (χ0n) is 5.29. The van der Waals surface area contributed by atoms with E-state index in [0.717, 1.165) is 6.92 Å². The van der Waals surface area contributed by atoms with Gasteiger partial charge >= 0.3 is 0 Å². The Morgan fingerprint density at radius 3 is 2.22 bits per heavy atom. The molecule has 0 bridgehead atoms. The lowest BCUT2D eigenvalue weighted by atomic mass is 10.8. The minimum Gasteiger partial charge on any atom is -0.550 e. The highest BCUT2D eigenvalue weighted by Gasteiger charge is 1.71. The van der Waals surface area contributed by atoms with E-state index in [9.17, 15) is 0 Å². The number of carbonyl (C=O) groups excluding carboxylic acids is 1. The minimum absolute atomic E-state index is 0.0590. The zero-order valence-corrected chi connectivity index (χ0v) is 5.29. The molecule has 0 aromatic heterocycles. The maximum atomic E-state index is 8.89. The van der Waals surface area contributed by atoms with Crippen LogP contribution in [0.15, 0.2) is 0 Å². The van der Waals surface area contributed by atoms with Crippen molar-refractivity contribution in [1.29, 1.82) is 0 Å². The molecule has 56 valence electrons. The molecule has 0 spiro atoms. The van der Waals surface area contributed by atoms with Crippen LogP contribution in [0.4, 0.5) is 0 Å². The smallest absolute Gasteiger partial charge is 0.129 e. The molecule has 5 nitrogen and oxygen atoms in total. The summed E-state index contributed by atoms with van der Waals surface area (Å²) in [5.41, 5.74) is 0. The number of carboxylic acids is 1. The molecule has 5 heteroatoms. The molecule has 0 atom stereocenters. The highest BCUT2D eigenvalue weighted by molar-refractivity contribution is 5.60. The van der Waals surface area contributed by atoms with Crippen molar-refractivity contribution < 1.29 is 25.7 Å². The van der Waals surface area contributed by atoms with Crippen LogP contribution in [0.3, 0.4) is 0 Å². The number of carboxylic acid groups (broad SMARTS) is 1. The third-order valence-corrected chi connectivity index (χ3v) is 0.236. The number of aliphatic hydroxyl groups is 1. The van der Waals surface area contributed by atoms with Gasteiger partial charge in [-0.15, -0.1) is 0 Å². The van der Waals surface area contributed by atoms with E-state index >= 15 is 0 Å². The molecule has 0 aliphatic carbocycles. The Hall–Kier alpha value is -0.650. The van der Waals surface area contributed by atoms with Crippen LogP contribution in [0.25, 0.3) is 0 Å². The number of aliphatic carboxylic acids is 1. The molecule has 4 N–H and O–H groups in total. The fraction of sp³-hybridized carbons (Fsp3) is 0.750. The van der Waals surface area contributed by atoms with Crippen molar-refractivity contribution in [2.75, 3.05) is 13.2 Å². The first-order valence-electron chi connectivity index (χ1n) is 2.30. The molecule has 0 fully saturated rings. The van der Waals surface area contributed by atoms with Crippen LogP contribution in [0, 0.1) is 0 Å². The van der Waals surface area contributed by atoms with Gasteiger partial charge in [-0.05, 0) is 6.92 Å². The van der Waals surface area contributed by atoms with Crippen LogP contribution in [0.1, 0.15) is 6.92 Å². The number of quaternary nitrogens is 1. The van der Waals surface area contributed by atoms with Gasteiger partial charge in [-0.25, -0.2) is 10.7 Å². The van der Waals surface area contributed by atoms with E-state index in [4.69, 9.17) is 15.0 Å². The van der Waals surface area contributed by atoms with Gasteiger partial charge in [-0.1, -0.05) is 0 Å². The van der Waals surface area contributed by atoms with Crippen LogP contribution >= 0.6 is 0 Å². The lowest BCUT2D eigenvalue weighted by Crippen LogP contribution is -2.49. The van der Waals surface area contributed by atoms with E-state index in [1.54, 1.807) is 0 Å². The Balaban J connectivity index is 0. The van der Waals surface area contributed by atoms with E-state index in [0.29, 0.717) is 6.61 Å². The van der Waals surface area contributed by atoms with Gasteiger partial charge in [-0.2, -0.15) is 0 Å². The second-order valence-electron chi connectivity index (χ2n) is 1.12. The molecular weight excluding hydrogens is 126 g/mol. The fourth-order valence-corrected chi connectivity index (χ4v) is 0.0645. The second-order valence-corrected chi connectivity index (χ2v) is 1.12. The van der Waals surface area contributed by atoms with Crippen molar-refractivity contribution in [3.8, 4) is 0 Å². The van der Waals surface area contributed by atoms with Crippen LogP contribution in [0.2, 0.25) is 0 Å².